The predicted octanol–water partition coefficient (Wildman–Crippen LogP) is 5.32. The van der Waals surface area contributed by atoms with Crippen molar-refractivity contribution in [2.75, 3.05) is 6.67 Å². The summed E-state index contributed by atoms with van der Waals surface area (Å²) >= 11 is 0. The third kappa shape index (κ3) is 4.31. The van der Waals surface area contributed by atoms with Crippen LogP contribution in [0.15, 0.2) is 24.3 Å². The summed E-state index contributed by atoms with van der Waals surface area (Å²) in [4.78, 5) is 0. The number of benzene rings is 1. The fourth-order valence-electron chi connectivity index (χ4n) is 3.62. The van der Waals surface area contributed by atoms with Gasteiger partial charge >= 0.3 is 0 Å². The second-order valence-electron chi connectivity index (χ2n) is 9.00. The Morgan fingerprint density at radius 2 is 1.72 bits per heavy atom. The van der Waals surface area contributed by atoms with Crippen LogP contribution in [0.3, 0.4) is 0 Å². The maximum atomic E-state index is 13.5. The molecule has 1 aliphatic carbocycles. The minimum absolute atomic E-state index is 0.174. The normalized spacial score (nSPS) is 26.5. The molecule has 1 aromatic carbocycles. The lowest BCUT2D eigenvalue weighted by atomic mass is 9.65. The molecule has 2 N–H and O–H groups in total. The van der Waals surface area contributed by atoms with Crippen LogP contribution >= 0.6 is 0 Å². The molecule has 1 aromatic rings. The van der Waals surface area contributed by atoms with E-state index in [-0.39, 0.29) is 17.0 Å². The highest BCUT2D eigenvalue weighted by atomic mass is 28.4. The van der Waals surface area contributed by atoms with E-state index in [1.807, 2.05) is 0 Å². The van der Waals surface area contributed by atoms with Crippen molar-refractivity contribution in [3.8, 4) is 0 Å². The monoisotopic (exact) mass is 369 g/mol. The lowest BCUT2D eigenvalue weighted by molar-refractivity contribution is 0.0883. The van der Waals surface area contributed by atoms with Gasteiger partial charge in [-0.15, -0.1) is 0 Å². The van der Waals surface area contributed by atoms with Crippen molar-refractivity contribution in [3.63, 3.8) is 0 Å². The Labute approximate surface area is 152 Å². The molecule has 25 heavy (non-hydrogen) atoms. The molecular weight excluding hydrogens is 336 g/mol. The predicted molar refractivity (Wildman–Crippen MR) is 103 cm³/mol. The summed E-state index contributed by atoms with van der Waals surface area (Å²) in [5.41, 5.74) is 6.72. The zero-order valence-electron chi connectivity index (χ0n) is 16.2. The van der Waals surface area contributed by atoms with Gasteiger partial charge in [0.1, 0.15) is 12.5 Å². The first-order chi connectivity index (χ1) is 11.5. The second kappa shape index (κ2) is 7.45. The Morgan fingerprint density at radius 1 is 1.20 bits per heavy atom. The quantitative estimate of drug-likeness (QED) is 0.713. The lowest BCUT2D eigenvalue weighted by Gasteiger charge is -2.47. The van der Waals surface area contributed by atoms with Crippen molar-refractivity contribution in [2.45, 2.75) is 82.1 Å². The van der Waals surface area contributed by atoms with Crippen LogP contribution in [0.25, 0.3) is 0 Å². The first kappa shape index (κ1) is 20.5. The number of hydrogen-bond donors (Lipinski definition) is 1. The van der Waals surface area contributed by atoms with Gasteiger partial charge in [0.05, 0.1) is 0 Å². The molecular formula is C20H33F2NOSi. The minimum atomic E-state index is -1.82. The summed E-state index contributed by atoms with van der Waals surface area (Å²) in [5, 5.41) is 0.174. The summed E-state index contributed by atoms with van der Waals surface area (Å²) in [7, 11) is -1.82. The average molecular weight is 370 g/mol. The van der Waals surface area contributed by atoms with Crippen LogP contribution in [0.5, 0.6) is 0 Å². The van der Waals surface area contributed by atoms with Gasteiger partial charge in [0.2, 0.25) is 0 Å². The fraction of sp³-hybridized carbons (Fsp3) is 0.700. The van der Waals surface area contributed by atoms with Crippen molar-refractivity contribution in [1.82, 2.24) is 0 Å². The van der Waals surface area contributed by atoms with Gasteiger partial charge in [-0.1, -0.05) is 32.9 Å². The molecule has 2 nitrogen and oxygen atoms in total. The van der Waals surface area contributed by atoms with Crippen LogP contribution in [0.4, 0.5) is 8.78 Å². The molecule has 0 saturated heterocycles. The van der Waals surface area contributed by atoms with Gasteiger partial charge in [-0.25, -0.2) is 8.78 Å². The van der Waals surface area contributed by atoms with E-state index in [2.05, 4.69) is 33.9 Å². The topological polar surface area (TPSA) is 35.2 Å². The van der Waals surface area contributed by atoms with E-state index in [9.17, 15) is 8.78 Å². The van der Waals surface area contributed by atoms with E-state index in [0.29, 0.717) is 0 Å². The van der Waals surface area contributed by atoms with Gasteiger partial charge in [-0.2, -0.15) is 0 Å². The van der Waals surface area contributed by atoms with Crippen molar-refractivity contribution in [2.24, 2.45) is 5.73 Å². The number of nitrogens with two attached hydrogens (primary N) is 1. The zero-order valence-corrected chi connectivity index (χ0v) is 17.2. The Balaban J connectivity index is 2.16. The van der Waals surface area contributed by atoms with Gasteiger partial charge in [0.25, 0.3) is 0 Å². The molecule has 5 heteroatoms. The highest BCUT2D eigenvalue weighted by Gasteiger charge is 2.45. The van der Waals surface area contributed by atoms with Crippen molar-refractivity contribution >= 4 is 8.32 Å². The number of alkyl halides is 1. The standard InChI is InChI=1S/C20H33F2NOSi/c1-19(2,3)25(4,5)24-17-10-12-20(13-11-17,18(23)14-21)15-6-8-16(22)9-7-15/h6-9,17-18H,10-14,23H2,1-5H3. The third-order valence-electron chi connectivity index (χ3n) is 6.39. The van der Waals surface area contributed by atoms with E-state index >= 15 is 0 Å². The smallest absolute Gasteiger partial charge is 0.192 e. The summed E-state index contributed by atoms with van der Waals surface area (Å²) in [6.45, 7) is 10.7. The van der Waals surface area contributed by atoms with Crippen molar-refractivity contribution in [1.29, 1.82) is 0 Å². The molecule has 1 aliphatic rings. The minimum Gasteiger partial charge on any atom is -0.414 e. The first-order valence-electron chi connectivity index (χ1n) is 9.27. The lowest BCUT2D eigenvalue weighted by Crippen LogP contribution is -2.52. The van der Waals surface area contributed by atoms with Crippen molar-refractivity contribution in [3.05, 3.63) is 35.6 Å². The Kier molecular flexibility index (Phi) is 6.12. The maximum absolute atomic E-state index is 13.5. The molecule has 0 aromatic heterocycles. The third-order valence-corrected chi connectivity index (χ3v) is 10.9. The van der Waals surface area contributed by atoms with Crippen LogP contribution in [0.1, 0.15) is 52.0 Å². The van der Waals surface area contributed by atoms with Gasteiger partial charge in [-0.3, -0.25) is 0 Å². The molecule has 1 fully saturated rings. The molecule has 1 atom stereocenters. The molecule has 142 valence electrons. The van der Waals surface area contributed by atoms with E-state index < -0.39 is 26.4 Å². The second-order valence-corrected chi connectivity index (χ2v) is 13.8. The Morgan fingerprint density at radius 3 is 2.16 bits per heavy atom. The van der Waals surface area contributed by atoms with Gasteiger partial charge in [0.15, 0.2) is 8.32 Å². The average Bonchev–Trinajstić information content (AvgIpc) is 2.54. The maximum Gasteiger partial charge on any atom is 0.192 e. The molecule has 0 radical (unpaired) electrons. The van der Waals surface area contributed by atoms with Crippen LogP contribution in [0.2, 0.25) is 18.1 Å². The number of hydrogen-bond acceptors (Lipinski definition) is 2. The van der Waals surface area contributed by atoms with Crippen LogP contribution in [0, 0.1) is 5.82 Å². The molecule has 0 spiro atoms. The molecule has 0 aliphatic heterocycles. The van der Waals surface area contributed by atoms with Gasteiger partial charge in [0, 0.05) is 17.6 Å². The summed E-state index contributed by atoms with van der Waals surface area (Å²) < 4.78 is 33.3. The SMILES string of the molecule is CC(C)(C)[Si](C)(C)OC1CCC(c2ccc(F)cc2)(C(N)CF)CC1. The van der Waals surface area contributed by atoms with Crippen LogP contribution in [-0.4, -0.2) is 27.1 Å². The largest absolute Gasteiger partial charge is 0.414 e. The zero-order chi connectivity index (χ0) is 18.9. The van der Waals surface area contributed by atoms with E-state index in [1.54, 1.807) is 12.1 Å². The molecule has 1 saturated carbocycles. The van der Waals surface area contributed by atoms with Crippen molar-refractivity contribution < 1.29 is 13.2 Å². The highest BCUT2D eigenvalue weighted by molar-refractivity contribution is 6.74. The first-order valence-corrected chi connectivity index (χ1v) is 12.2. The molecule has 0 heterocycles. The Bertz CT molecular complexity index is 560. The van der Waals surface area contributed by atoms with Crippen LogP contribution < -0.4 is 5.73 Å². The van der Waals surface area contributed by atoms with Crippen LogP contribution in [-0.2, 0) is 9.84 Å². The van der Waals surface area contributed by atoms with Gasteiger partial charge < -0.3 is 10.2 Å². The molecule has 0 bridgehead atoms. The fourth-order valence-corrected chi connectivity index (χ4v) is 5.04. The van der Waals surface area contributed by atoms with E-state index in [0.717, 1.165) is 31.2 Å². The summed E-state index contributed by atoms with van der Waals surface area (Å²) in [5.74, 6) is -0.275. The molecule has 0 amide bonds. The molecule has 1 unspecified atom stereocenters. The van der Waals surface area contributed by atoms with E-state index in [4.69, 9.17) is 10.2 Å². The summed E-state index contributed by atoms with van der Waals surface area (Å²) in [6, 6.07) is 5.85. The van der Waals surface area contributed by atoms with E-state index in [1.165, 1.54) is 12.1 Å². The summed E-state index contributed by atoms with van der Waals surface area (Å²) in [6.07, 6.45) is 3.52. The Hall–Kier alpha value is -0.783. The number of rotatable bonds is 5. The highest BCUT2D eigenvalue weighted by Crippen LogP contribution is 2.45. The number of halogens is 2. The molecule has 2 rings (SSSR count). The van der Waals surface area contributed by atoms with Gasteiger partial charge in [-0.05, 0) is 61.5 Å².